The highest BCUT2D eigenvalue weighted by Crippen LogP contribution is 2.24. The summed E-state index contributed by atoms with van der Waals surface area (Å²) in [5, 5.41) is 1.10. The van der Waals surface area contributed by atoms with Gasteiger partial charge in [-0.25, -0.2) is 4.98 Å². The van der Waals surface area contributed by atoms with Crippen molar-refractivity contribution < 1.29 is 0 Å². The lowest BCUT2D eigenvalue weighted by Crippen LogP contribution is -1.78. The molecule has 0 fully saturated rings. The van der Waals surface area contributed by atoms with E-state index in [0.29, 0.717) is 0 Å². The molecule has 1 N–H and O–H groups in total. The van der Waals surface area contributed by atoms with E-state index < -0.39 is 0 Å². The summed E-state index contributed by atoms with van der Waals surface area (Å²) in [4.78, 5) is 7.36. The van der Waals surface area contributed by atoms with E-state index in [0.717, 1.165) is 22.2 Å². The molecule has 17 heavy (non-hydrogen) atoms. The predicted molar refractivity (Wildman–Crippen MR) is 75.8 cm³/mol. The molecule has 2 aromatic heterocycles. The van der Waals surface area contributed by atoms with E-state index in [-0.39, 0.29) is 0 Å². The molecule has 0 spiro atoms. The Morgan fingerprint density at radius 2 is 2.12 bits per heavy atom. The first-order chi connectivity index (χ1) is 8.36. The molecule has 2 aromatic rings. The molecule has 0 unspecified atom stereocenters. The number of fused-ring (bicyclic) bond motifs is 1. The van der Waals surface area contributed by atoms with Crippen molar-refractivity contribution in [1.29, 1.82) is 0 Å². The molecule has 0 saturated carbocycles. The standard InChI is InChI=1S/C13H12N2.C2H6/c1-3-6-10(4-2)12-9-15-13-11(12)7-5-8-14-13;1-2/h3-9H,1-2H2,(H,14,15);1-2H3/b10-6+;. The van der Waals surface area contributed by atoms with E-state index in [1.807, 2.05) is 44.3 Å². The van der Waals surface area contributed by atoms with Crippen LogP contribution in [0.4, 0.5) is 0 Å². The Morgan fingerprint density at radius 1 is 1.35 bits per heavy atom. The Kier molecular flexibility index (Phi) is 4.95. The first-order valence-electron chi connectivity index (χ1n) is 5.74. The molecule has 0 bridgehead atoms. The van der Waals surface area contributed by atoms with Crippen LogP contribution in [-0.2, 0) is 0 Å². The van der Waals surface area contributed by atoms with Crippen LogP contribution < -0.4 is 0 Å². The summed E-state index contributed by atoms with van der Waals surface area (Å²) in [6, 6.07) is 3.96. The first-order valence-corrected chi connectivity index (χ1v) is 5.74. The molecule has 2 heterocycles. The minimum absolute atomic E-state index is 0.893. The molecule has 0 aliphatic carbocycles. The molecule has 2 heteroatoms. The number of pyridine rings is 1. The summed E-state index contributed by atoms with van der Waals surface area (Å²) < 4.78 is 0. The normalized spacial score (nSPS) is 10.6. The Balaban J connectivity index is 0.000000686. The third kappa shape index (κ3) is 2.72. The molecule has 0 atom stereocenters. The van der Waals surface area contributed by atoms with Crippen molar-refractivity contribution in [2.75, 3.05) is 0 Å². The third-order valence-electron chi connectivity index (χ3n) is 2.28. The summed E-state index contributed by atoms with van der Waals surface area (Å²) in [7, 11) is 0. The van der Waals surface area contributed by atoms with Crippen molar-refractivity contribution >= 4 is 16.6 Å². The van der Waals surface area contributed by atoms with Crippen molar-refractivity contribution in [3.63, 3.8) is 0 Å². The maximum Gasteiger partial charge on any atom is 0.137 e. The molecule has 0 radical (unpaired) electrons. The van der Waals surface area contributed by atoms with Gasteiger partial charge in [0.1, 0.15) is 5.65 Å². The highest BCUT2D eigenvalue weighted by molar-refractivity contribution is 5.93. The average Bonchev–Trinajstić information content (AvgIpc) is 2.82. The number of aromatic nitrogens is 2. The topological polar surface area (TPSA) is 28.7 Å². The van der Waals surface area contributed by atoms with E-state index in [4.69, 9.17) is 0 Å². The van der Waals surface area contributed by atoms with Crippen LogP contribution in [0.3, 0.4) is 0 Å². The summed E-state index contributed by atoms with van der Waals surface area (Å²) >= 11 is 0. The SMILES string of the molecule is C=C/C=C(\C=C)c1c[nH]c2ncccc12.CC. The first kappa shape index (κ1) is 13.0. The van der Waals surface area contributed by atoms with Gasteiger partial charge in [0.25, 0.3) is 0 Å². The average molecular weight is 226 g/mol. The van der Waals surface area contributed by atoms with Crippen LogP contribution >= 0.6 is 0 Å². The van der Waals surface area contributed by atoms with E-state index in [1.54, 1.807) is 12.3 Å². The highest BCUT2D eigenvalue weighted by atomic mass is 14.8. The zero-order valence-corrected chi connectivity index (χ0v) is 10.4. The maximum atomic E-state index is 4.24. The van der Waals surface area contributed by atoms with Crippen molar-refractivity contribution in [2.45, 2.75) is 13.8 Å². The van der Waals surface area contributed by atoms with Crippen molar-refractivity contribution in [1.82, 2.24) is 9.97 Å². The lowest BCUT2D eigenvalue weighted by Gasteiger charge is -1.97. The maximum absolute atomic E-state index is 4.24. The second-order valence-corrected chi connectivity index (χ2v) is 3.16. The lowest BCUT2D eigenvalue weighted by atomic mass is 10.1. The molecular formula is C15H18N2. The van der Waals surface area contributed by atoms with Gasteiger partial charge in [-0.3, -0.25) is 0 Å². The monoisotopic (exact) mass is 226 g/mol. The van der Waals surface area contributed by atoms with E-state index in [9.17, 15) is 0 Å². The number of aromatic amines is 1. The van der Waals surface area contributed by atoms with Gasteiger partial charge in [-0.2, -0.15) is 0 Å². The van der Waals surface area contributed by atoms with Gasteiger partial charge in [0.15, 0.2) is 0 Å². The van der Waals surface area contributed by atoms with Gasteiger partial charge in [0, 0.05) is 23.3 Å². The molecule has 2 nitrogen and oxygen atoms in total. The van der Waals surface area contributed by atoms with Crippen LogP contribution in [-0.4, -0.2) is 9.97 Å². The fraction of sp³-hybridized carbons (Fsp3) is 0.133. The van der Waals surface area contributed by atoms with Gasteiger partial charge >= 0.3 is 0 Å². The predicted octanol–water partition coefficient (Wildman–Crippen LogP) is 4.34. The van der Waals surface area contributed by atoms with Crippen molar-refractivity contribution in [2.24, 2.45) is 0 Å². The highest BCUT2D eigenvalue weighted by Gasteiger charge is 2.05. The molecule has 88 valence electrons. The van der Waals surface area contributed by atoms with Gasteiger partial charge in [0.2, 0.25) is 0 Å². The van der Waals surface area contributed by atoms with Crippen LogP contribution in [0.15, 0.2) is 55.9 Å². The zero-order valence-electron chi connectivity index (χ0n) is 10.4. The summed E-state index contributed by atoms with van der Waals surface area (Å²) in [5.74, 6) is 0. The number of nitrogens with zero attached hydrogens (tertiary/aromatic N) is 1. The van der Waals surface area contributed by atoms with E-state index in [1.165, 1.54) is 0 Å². The number of hydrogen-bond donors (Lipinski definition) is 1. The van der Waals surface area contributed by atoms with Crippen LogP contribution in [0.1, 0.15) is 19.4 Å². The van der Waals surface area contributed by atoms with E-state index >= 15 is 0 Å². The molecule has 0 saturated heterocycles. The van der Waals surface area contributed by atoms with Gasteiger partial charge in [-0.05, 0) is 17.7 Å². The van der Waals surface area contributed by atoms with Crippen LogP contribution in [0.25, 0.3) is 16.6 Å². The fourth-order valence-corrected chi connectivity index (χ4v) is 1.59. The number of hydrogen-bond acceptors (Lipinski definition) is 1. The zero-order chi connectivity index (χ0) is 12.7. The Morgan fingerprint density at radius 3 is 2.76 bits per heavy atom. The number of allylic oxidation sites excluding steroid dienone is 4. The van der Waals surface area contributed by atoms with Gasteiger partial charge in [0.05, 0.1) is 0 Å². The molecule has 0 aliphatic heterocycles. The molecule has 0 amide bonds. The Hall–Kier alpha value is -2.09. The minimum Gasteiger partial charge on any atom is -0.346 e. The smallest absolute Gasteiger partial charge is 0.137 e. The van der Waals surface area contributed by atoms with Crippen LogP contribution in [0.2, 0.25) is 0 Å². The second-order valence-electron chi connectivity index (χ2n) is 3.16. The molecule has 0 aliphatic rings. The number of H-pyrrole nitrogens is 1. The third-order valence-corrected chi connectivity index (χ3v) is 2.28. The van der Waals surface area contributed by atoms with Crippen LogP contribution in [0, 0.1) is 0 Å². The Bertz CT molecular complexity index is 533. The lowest BCUT2D eigenvalue weighted by molar-refractivity contribution is 1.32. The fourth-order valence-electron chi connectivity index (χ4n) is 1.59. The molecule has 2 rings (SSSR count). The summed E-state index contributed by atoms with van der Waals surface area (Å²) in [6.45, 7) is 11.5. The largest absolute Gasteiger partial charge is 0.346 e. The van der Waals surface area contributed by atoms with Gasteiger partial charge in [-0.1, -0.05) is 45.2 Å². The molecule has 0 aromatic carbocycles. The number of nitrogens with one attached hydrogen (secondary N) is 1. The summed E-state index contributed by atoms with van der Waals surface area (Å²) in [5.41, 5.74) is 3.04. The summed E-state index contributed by atoms with van der Waals surface area (Å²) in [6.07, 6.45) is 9.22. The molecular weight excluding hydrogens is 208 g/mol. The van der Waals surface area contributed by atoms with Gasteiger partial charge < -0.3 is 4.98 Å². The van der Waals surface area contributed by atoms with Crippen molar-refractivity contribution in [3.05, 3.63) is 61.5 Å². The number of rotatable bonds is 3. The quantitative estimate of drug-likeness (QED) is 0.775. The van der Waals surface area contributed by atoms with Crippen molar-refractivity contribution in [3.8, 4) is 0 Å². The Labute approximate surface area is 102 Å². The van der Waals surface area contributed by atoms with Gasteiger partial charge in [-0.15, -0.1) is 0 Å². The minimum atomic E-state index is 0.893. The van der Waals surface area contributed by atoms with Crippen LogP contribution in [0.5, 0.6) is 0 Å². The van der Waals surface area contributed by atoms with E-state index in [2.05, 4.69) is 23.1 Å². The second kappa shape index (κ2) is 6.48.